The van der Waals surface area contributed by atoms with Gasteiger partial charge in [0.05, 0.1) is 22.3 Å². The van der Waals surface area contributed by atoms with Crippen molar-refractivity contribution in [3.8, 4) is 0 Å². The van der Waals surface area contributed by atoms with Crippen molar-refractivity contribution in [3.05, 3.63) is 38.0 Å². The van der Waals surface area contributed by atoms with Gasteiger partial charge in [-0.1, -0.05) is 0 Å². The summed E-state index contributed by atoms with van der Waals surface area (Å²) < 4.78 is 0. The van der Waals surface area contributed by atoms with Crippen LogP contribution in [0.2, 0.25) is 0 Å². The van der Waals surface area contributed by atoms with Crippen LogP contribution in [0.15, 0.2) is 16.8 Å². The van der Waals surface area contributed by atoms with E-state index in [-0.39, 0.29) is 11.9 Å². The number of thiazole rings is 1. The summed E-state index contributed by atoms with van der Waals surface area (Å²) in [5.41, 5.74) is 1.75. The predicted octanol–water partition coefficient (Wildman–Crippen LogP) is 3.65. The Kier molecular flexibility index (Phi) is 3.82. The van der Waals surface area contributed by atoms with Crippen LogP contribution in [0, 0.1) is 13.8 Å². The van der Waals surface area contributed by atoms with Gasteiger partial charge in [-0.2, -0.15) is 11.3 Å². The number of amides is 1. The number of thiophene rings is 1. The molecule has 0 fully saturated rings. The molecule has 1 amide bonds. The molecule has 0 bridgehead atoms. The molecule has 1 atom stereocenters. The van der Waals surface area contributed by atoms with Crippen LogP contribution in [0.3, 0.4) is 0 Å². The van der Waals surface area contributed by atoms with E-state index < -0.39 is 0 Å². The minimum atomic E-state index is 0.00218. The van der Waals surface area contributed by atoms with Crippen molar-refractivity contribution in [2.75, 3.05) is 7.05 Å². The fraction of sp³-hybridized carbons (Fsp3) is 0.385. The molecule has 0 radical (unpaired) electrons. The first-order chi connectivity index (χ1) is 8.50. The number of hydrogen-bond donors (Lipinski definition) is 0. The van der Waals surface area contributed by atoms with Crippen molar-refractivity contribution >= 4 is 28.6 Å². The number of aryl methyl sites for hydroxylation is 2. The highest BCUT2D eigenvalue weighted by molar-refractivity contribution is 7.11. The van der Waals surface area contributed by atoms with Gasteiger partial charge >= 0.3 is 0 Å². The molecule has 0 aliphatic rings. The lowest BCUT2D eigenvalue weighted by atomic mass is 10.1. The Morgan fingerprint density at radius 3 is 2.67 bits per heavy atom. The van der Waals surface area contributed by atoms with Gasteiger partial charge in [-0.3, -0.25) is 4.79 Å². The molecule has 3 nitrogen and oxygen atoms in total. The first-order valence-corrected chi connectivity index (χ1v) is 7.50. The summed E-state index contributed by atoms with van der Waals surface area (Å²) in [6, 6.07) is 1.86. The third kappa shape index (κ3) is 2.47. The summed E-state index contributed by atoms with van der Waals surface area (Å²) in [6.07, 6.45) is 0. The standard InChI is InChI=1S/C13H16N2OS2/c1-8(12-9(2)18-10(3)14-12)15(4)13(16)11-5-6-17-7-11/h5-8H,1-4H3/t8-/m1/s1. The van der Waals surface area contributed by atoms with E-state index in [0.29, 0.717) is 0 Å². The van der Waals surface area contributed by atoms with Crippen LogP contribution in [0.25, 0.3) is 0 Å². The maximum absolute atomic E-state index is 12.2. The lowest BCUT2D eigenvalue weighted by Crippen LogP contribution is -2.29. The lowest BCUT2D eigenvalue weighted by molar-refractivity contribution is 0.0740. The summed E-state index contributed by atoms with van der Waals surface area (Å²) in [5.74, 6) is 0.0498. The largest absolute Gasteiger partial charge is 0.333 e. The van der Waals surface area contributed by atoms with Crippen LogP contribution in [-0.2, 0) is 0 Å². The zero-order valence-corrected chi connectivity index (χ0v) is 12.6. The second-order valence-electron chi connectivity index (χ2n) is 4.28. The van der Waals surface area contributed by atoms with E-state index >= 15 is 0 Å². The fourth-order valence-electron chi connectivity index (χ4n) is 1.88. The Balaban J connectivity index is 2.21. The quantitative estimate of drug-likeness (QED) is 0.859. The number of hydrogen-bond acceptors (Lipinski definition) is 4. The molecule has 0 aliphatic heterocycles. The van der Waals surface area contributed by atoms with E-state index in [2.05, 4.69) is 11.9 Å². The summed E-state index contributed by atoms with van der Waals surface area (Å²) in [7, 11) is 1.83. The first-order valence-electron chi connectivity index (χ1n) is 5.74. The molecule has 0 aliphatic carbocycles. The van der Waals surface area contributed by atoms with Crippen molar-refractivity contribution in [1.29, 1.82) is 0 Å². The van der Waals surface area contributed by atoms with Crippen molar-refractivity contribution in [1.82, 2.24) is 9.88 Å². The molecule has 5 heteroatoms. The summed E-state index contributed by atoms with van der Waals surface area (Å²) in [5, 5.41) is 4.85. The maximum atomic E-state index is 12.2. The van der Waals surface area contributed by atoms with Gasteiger partial charge in [0.1, 0.15) is 0 Å². The fourth-order valence-corrected chi connectivity index (χ4v) is 3.42. The zero-order valence-electron chi connectivity index (χ0n) is 10.9. The minimum absolute atomic E-state index is 0.00218. The molecule has 2 heterocycles. The van der Waals surface area contributed by atoms with Gasteiger partial charge in [-0.05, 0) is 32.2 Å². The molecular formula is C13H16N2OS2. The Morgan fingerprint density at radius 1 is 1.44 bits per heavy atom. The Hall–Kier alpha value is -1.20. The number of aromatic nitrogens is 1. The Bertz CT molecular complexity index is 545. The van der Waals surface area contributed by atoms with Gasteiger partial charge in [0.25, 0.3) is 5.91 Å². The maximum Gasteiger partial charge on any atom is 0.254 e. The van der Waals surface area contributed by atoms with Gasteiger partial charge in [0, 0.05) is 17.3 Å². The number of nitrogens with zero attached hydrogens (tertiary/aromatic N) is 2. The van der Waals surface area contributed by atoms with Crippen molar-refractivity contribution in [2.24, 2.45) is 0 Å². The van der Waals surface area contributed by atoms with Crippen LogP contribution in [0.5, 0.6) is 0 Å². The second kappa shape index (κ2) is 5.20. The highest BCUT2D eigenvalue weighted by atomic mass is 32.1. The third-order valence-corrected chi connectivity index (χ3v) is 4.59. The molecule has 0 saturated heterocycles. The first kappa shape index (κ1) is 13.2. The van der Waals surface area contributed by atoms with Crippen molar-refractivity contribution in [2.45, 2.75) is 26.8 Å². The SMILES string of the molecule is Cc1nc([C@@H](C)N(C)C(=O)c2ccsc2)c(C)s1. The Morgan fingerprint density at radius 2 is 2.17 bits per heavy atom. The number of carbonyl (C=O) groups excluding carboxylic acids is 1. The molecule has 0 saturated carbocycles. The molecule has 0 aromatic carbocycles. The minimum Gasteiger partial charge on any atom is -0.333 e. The van der Waals surface area contributed by atoms with Crippen molar-refractivity contribution in [3.63, 3.8) is 0 Å². The lowest BCUT2D eigenvalue weighted by Gasteiger charge is -2.23. The molecule has 0 unspecified atom stereocenters. The molecule has 96 valence electrons. The van der Waals surface area contributed by atoms with Gasteiger partial charge in [0.2, 0.25) is 0 Å². The number of carbonyl (C=O) groups is 1. The second-order valence-corrected chi connectivity index (χ2v) is 6.47. The summed E-state index contributed by atoms with van der Waals surface area (Å²) >= 11 is 3.22. The molecule has 2 rings (SSSR count). The van der Waals surface area contributed by atoms with E-state index in [4.69, 9.17) is 0 Å². The van der Waals surface area contributed by atoms with Crippen LogP contribution < -0.4 is 0 Å². The Labute approximate surface area is 115 Å². The van der Waals surface area contributed by atoms with E-state index in [1.165, 1.54) is 16.2 Å². The highest BCUT2D eigenvalue weighted by Crippen LogP contribution is 2.27. The summed E-state index contributed by atoms with van der Waals surface area (Å²) in [4.78, 5) is 19.7. The van der Waals surface area contributed by atoms with Gasteiger partial charge in [-0.25, -0.2) is 4.98 Å². The average molecular weight is 280 g/mol. The molecule has 18 heavy (non-hydrogen) atoms. The van der Waals surface area contributed by atoms with Gasteiger partial charge in [-0.15, -0.1) is 11.3 Å². The smallest absolute Gasteiger partial charge is 0.254 e. The zero-order chi connectivity index (χ0) is 13.3. The molecule has 0 spiro atoms. The van der Waals surface area contributed by atoms with Crippen LogP contribution in [0.4, 0.5) is 0 Å². The summed E-state index contributed by atoms with van der Waals surface area (Å²) in [6.45, 7) is 6.07. The molecule has 0 N–H and O–H groups in total. The van der Waals surface area contributed by atoms with Crippen LogP contribution >= 0.6 is 22.7 Å². The molecule has 2 aromatic heterocycles. The van der Waals surface area contributed by atoms with E-state index in [0.717, 1.165) is 16.3 Å². The molecular weight excluding hydrogens is 264 g/mol. The van der Waals surface area contributed by atoms with Crippen LogP contribution in [0.1, 0.15) is 38.9 Å². The van der Waals surface area contributed by atoms with E-state index in [1.54, 1.807) is 16.2 Å². The monoisotopic (exact) mass is 280 g/mol. The predicted molar refractivity (Wildman–Crippen MR) is 76.4 cm³/mol. The third-order valence-electron chi connectivity index (χ3n) is 3.00. The highest BCUT2D eigenvalue weighted by Gasteiger charge is 2.22. The van der Waals surface area contributed by atoms with E-state index in [9.17, 15) is 4.79 Å². The normalized spacial score (nSPS) is 12.4. The van der Waals surface area contributed by atoms with Crippen molar-refractivity contribution < 1.29 is 4.79 Å². The topological polar surface area (TPSA) is 33.2 Å². The van der Waals surface area contributed by atoms with E-state index in [1.807, 2.05) is 37.7 Å². The average Bonchev–Trinajstić information content (AvgIpc) is 2.96. The van der Waals surface area contributed by atoms with Gasteiger partial charge in [0.15, 0.2) is 0 Å². The molecule has 2 aromatic rings. The van der Waals surface area contributed by atoms with Crippen LogP contribution in [-0.4, -0.2) is 22.8 Å². The van der Waals surface area contributed by atoms with Gasteiger partial charge < -0.3 is 4.90 Å². The number of rotatable bonds is 3.